The van der Waals surface area contributed by atoms with Crippen molar-refractivity contribution in [2.45, 2.75) is 20.0 Å². The number of nitrogens with two attached hydrogens (primary N) is 1. The van der Waals surface area contributed by atoms with E-state index in [-0.39, 0.29) is 5.91 Å². The van der Waals surface area contributed by atoms with E-state index in [4.69, 9.17) is 10.5 Å². The van der Waals surface area contributed by atoms with Gasteiger partial charge in [0.05, 0.1) is 7.11 Å². The molecule has 2 N–H and O–H groups in total. The highest BCUT2D eigenvalue weighted by molar-refractivity contribution is 5.73. The molecule has 0 atom stereocenters. The molecule has 1 aliphatic heterocycles. The van der Waals surface area contributed by atoms with Gasteiger partial charge in [-0.3, -0.25) is 9.69 Å². The van der Waals surface area contributed by atoms with Gasteiger partial charge in [-0.2, -0.15) is 0 Å². The van der Waals surface area contributed by atoms with E-state index >= 15 is 0 Å². The second-order valence-electron chi connectivity index (χ2n) is 5.13. The Hall–Kier alpha value is -1.59. The molecule has 0 radical (unpaired) electrons. The monoisotopic (exact) mass is 277 g/mol. The van der Waals surface area contributed by atoms with Crippen molar-refractivity contribution in [3.8, 4) is 5.75 Å². The maximum absolute atomic E-state index is 11.3. The number of hydrogen-bond donors (Lipinski definition) is 1. The lowest BCUT2D eigenvalue weighted by Gasteiger charge is -2.34. The van der Waals surface area contributed by atoms with Crippen LogP contribution in [0.3, 0.4) is 0 Å². The zero-order valence-corrected chi connectivity index (χ0v) is 12.3. The van der Waals surface area contributed by atoms with Gasteiger partial charge in [0.2, 0.25) is 5.91 Å². The topological polar surface area (TPSA) is 58.8 Å². The highest BCUT2D eigenvalue weighted by Gasteiger charge is 2.18. The first kappa shape index (κ1) is 14.8. The standard InChI is InChI=1S/C15H23N3O2/c1-12(19)18-7-5-17(6-8-18)11-13-3-4-15(20-2)14(9-13)10-16/h3-4,9H,5-8,10-11,16H2,1-2H3. The lowest BCUT2D eigenvalue weighted by Crippen LogP contribution is -2.47. The fourth-order valence-corrected chi connectivity index (χ4v) is 2.57. The second kappa shape index (κ2) is 6.72. The molecule has 1 aromatic carbocycles. The molecule has 5 nitrogen and oxygen atoms in total. The van der Waals surface area contributed by atoms with Crippen LogP contribution in [-0.2, 0) is 17.9 Å². The Morgan fingerprint density at radius 1 is 1.30 bits per heavy atom. The number of hydrogen-bond acceptors (Lipinski definition) is 4. The Morgan fingerprint density at radius 3 is 2.55 bits per heavy atom. The number of amides is 1. The summed E-state index contributed by atoms with van der Waals surface area (Å²) in [5.74, 6) is 1.01. The maximum Gasteiger partial charge on any atom is 0.219 e. The number of ether oxygens (including phenoxy) is 1. The summed E-state index contributed by atoms with van der Waals surface area (Å²) in [7, 11) is 1.66. The maximum atomic E-state index is 11.3. The van der Waals surface area contributed by atoms with Crippen molar-refractivity contribution in [2.24, 2.45) is 5.73 Å². The lowest BCUT2D eigenvalue weighted by atomic mass is 10.1. The largest absolute Gasteiger partial charge is 0.496 e. The number of piperazine rings is 1. The number of carbonyl (C=O) groups is 1. The molecule has 1 fully saturated rings. The molecule has 110 valence electrons. The minimum Gasteiger partial charge on any atom is -0.496 e. The molecule has 0 saturated carbocycles. The predicted octanol–water partition coefficient (Wildman–Crippen LogP) is 0.818. The third-order valence-corrected chi connectivity index (χ3v) is 3.79. The first-order valence-electron chi connectivity index (χ1n) is 6.97. The molecule has 0 aromatic heterocycles. The van der Waals surface area contributed by atoms with Crippen molar-refractivity contribution in [2.75, 3.05) is 33.3 Å². The fourth-order valence-electron chi connectivity index (χ4n) is 2.57. The van der Waals surface area contributed by atoms with Crippen molar-refractivity contribution in [3.05, 3.63) is 29.3 Å². The van der Waals surface area contributed by atoms with E-state index in [0.29, 0.717) is 6.54 Å². The van der Waals surface area contributed by atoms with Crippen molar-refractivity contribution >= 4 is 5.91 Å². The molecule has 0 unspecified atom stereocenters. The van der Waals surface area contributed by atoms with Gasteiger partial charge in [0.1, 0.15) is 5.75 Å². The van der Waals surface area contributed by atoms with E-state index in [1.807, 2.05) is 11.0 Å². The van der Waals surface area contributed by atoms with E-state index in [1.165, 1.54) is 5.56 Å². The van der Waals surface area contributed by atoms with Gasteiger partial charge in [-0.1, -0.05) is 6.07 Å². The Kier molecular flexibility index (Phi) is 4.98. The Bertz CT molecular complexity index is 468. The average molecular weight is 277 g/mol. The summed E-state index contributed by atoms with van der Waals surface area (Å²) >= 11 is 0. The van der Waals surface area contributed by atoms with Crippen molar-refractivity contribution in [1.29, 1.82) is 0 Å². The van der Waals surface area contributed by atoms with E-state index in [1.54, 1.807) is 14.0 Å². The normalized spacial score (nSPS) is 16.2. The first-order valence-corrected chi connectivity index (χ1v) is 6.97. The molecule has 0 spiro atoms. The van der Waals surface area contributed by atoms with Crippen LogP contribution in [0.4, 0.5) is 0 Å². The van der Waals surface area contributed by atoms with Crippen LogP contribution in [0.5, 0.6) is 5.75 Å². The van der Waals surface area contributed by atoms with Crippen LogP contribution in [0.2, 0.25) is 0 Å². The number of rotatable bonds is 4. The van der Waals surface area contributed by atoms with E-state index < -0.39 is 0 Å². The summed E-state index contributed by atoms with van der Waals surface area (Å²) in [5, 5.41) is 0. The molecule has 1 amide bonds. The number of carbonyl (C=O) groups excluding carboxylic acids is 1. The number of nitrogens with zero attached hydrogens (tertiary/aromatic N) is 2. The fraction of sp³-hybridized carbons (Fsp3) is 0.533. The molecule has 0 aliphatic carbocycles. The molecule has 1 aliphatic rings. The summed E-state index contributed by atoms with van der Waals surface area (Å²) in [6.07, 6.45) is 0. The van der Waals surface area contributed by atoms with Crippen LogP contribution >= 0.6 is 0 Å². The molecule has 1 saturated heterocycles. The number of methoxy groups -OCH3 is 1. The van der Waals surface area contributed by atoms with Crippen LogP contribution in [0.1, 0.15) is 18.1 Å². The van der Waals surface area contributed by atoms with Gasteiger partial charge in [0, 0.05) is 51.8 Å². The van der Waals surface area contributed by atoms with Gasteiger partial charge >= 0.3 is 0 Å². The third kappa shape index (κ3) is 3.49. The van der Waals surface area contributed by atoms with Gasteiger partial charge in [0.15, 0.2) is 0 Å². The minimum absolute atomic E-state index is 0.166. The minimum atomic E-state index is 0.166. The molecule has 20 heavy (non-hydrogen) atoms. The predicted molar refractivity (Wildman–Crippen MR) is 78.4 cm³/mol. The highest BCUT2D eigenvalue weighted by atomic mass is 16.5. The summed E-state index contributed by atoms with van der Waals surface area (Å²) < 4.78 is 5.28. The van der Waals surface area contributed by atoms with Crippen molar-refractivity contribution in [1.82, 2.24) is 9.80 Å². The molecule has 0 bridgehead atoms. The van der Waals surface area contributed by atoms with Gasteiger partial charge in [-0.05, 0) is 17.7 Å². The van der Waals surface area contributed by atoms with Crippen LogP contribution < -0.4 is 10.5 Å². The summed E-state index contributed by atoms with van der Waals surface area (Å²) in [6, 6.07) is 6.16. The van der Waals surface area contributed by atoms with Gasteiger partial charge in [0.25, 0.3) is 0 Å². The lowest BCUT2D eigenvalue weighted by molar-refractivity contribution is -0.130. The Balaban J connectivity index is 1.96. The van der Waals surface area contributed by atoms with Crippen molar-refractivity contribution in [3.63, 3.8) is 0 Å². The summed E-state index contributed by atoms with van der Waals surface area (Å²) in [5.41, 5.74) is 8.02. The first-order chi connectivity index (χ1) is 9.63. The quantitative estimate of drug-likeness (QED) is 0.885. The second-order valence-corrected chi connectivity index (χ2v) is 5.13. The van der Waals surface area contributed by atoms with Crippen molar-refractivity contribution < 1.29 is 9.53 Å². The molecule has 2 rings (SSSR count). The van der Waals surface area contributed by atoms with E-state index in [2.05, 4.69) is 17.0 Å². The van der Waals surface area contributed by atoms with Crippen LogP contribution in [0.15, 0.2) is 18.2 Å². The Labute approximate surface area is 120 Å². The molecular weight excluding hydrogens is 254 g/mol. The Morgan fingerprint density at radius 2 is 2.00 bits per heavy atom. The highest BCUT2D eigenvalue weighted by Crippen LogP contribution is 2.20. The molecule has 1 aromatic rings. The average Bonchev–Trinajstić information content (AvgIpc) is 2.47. The third-order valence-electron chi connectivity index (χ3n) is 3.79. The zero-order valence-electron chi connectivity index (χ0n) is 12.3. The van der Waals surface area contributed by atoms with Gasteiger partial charge in [-0.25, -0.2) is 0 Å². The molecule has 5 heteroatoms. The number of benzene rings is 1. The molecular formula is C15H23N3O2. The summed E-state index contributed by atoms with van der Waals surface area (Å²) in [6.45, 7) is 6.47. The zero-order chi connectivity index (χ0) is 14.5. The smallest absolute Gasteiger partial charge is 0.219 e. The SMILES string of the molecule is COc1ccc(CN2CCN(C(C)=O)CC2)cc1CN. The van der Waals surface area contributed by atoms with Crippen LogP contribution in [0, 0.1) is 0 Å². The van der Waals surface area contributed by atoms with E-state index in [0.717, 1.165) is 44.0 Å². The van der Waals surface area contributed by atoms with Gasteiger partial charge in [-0.15, -0.1) is 0 Å². The van der Waals surface area contributed by atoms with Crippen LogP contribution in [-0.4, -0.2) is 49.0 Å². The summed E-state index contributed by atoms with van der Waals surface area (Å²) in [4.78, 5) is 15.6. The van der Waals surface area contributed by atoms with Gasteiger partial charge < -0.3 is 15.4 Å². The van der Waals surface area contributed by atoms with E-state index in [9.17, 15) is 4.79 Å². The molecule has 1 heterocycles. The van der Waals surface area contributed by atoms with Crippen LogP contribution in [0.25, 0.3) is 0 Å².